The number of hydrogen-bond acceptors (Lipinski definition) is 5. The molecule has 27 heavy (non-hydrogen) atoms. The molecule has 3 aliphatic heterocycles. The van der Waals surface area contributed by atoms with Crippen molar-refractivity contribution in [2.75, 3.05) is 19.9 Å². The highest BCUT2D eigenvalue weighted by atomic mass is 16.7. The maximum Gasteiger partial charge on any atom is 0.231 e. The predicted molar refractivity (Wildman–Crippen MR) is 102 cm³/mol. The first-order valence-corrected chi connectivity index (χ1v) is 10.3. The van der Waals surface area contributed by atoms with Gasteiger partial charge in [0.25, 0.3) is 0 Å². The van der Waals surface area contributed by atoms with E-state index in [1.807, 2.05) is 0 Å². The van der Waals surface area contributed by atoms with Gasteiger partial charge in [-0.25, -0.2) is 0 Å². The molecule has 3 aliphatic rings. The zero-order chi connectivity index (χ0) is 18.2. The molecule has 6 nitrogen and oxygen atoms in total. The number of hydrogen-bond donors (Lipinski definition) is 0. The molecule has 0 spiro atoms. The van der Waals surface area contributed by atoms with Gasteiger partial charge in [-0.05, 0) is 69.0 Å². The monoisotopic (exact) mass is 368 g/mol. The lowest BCUT2D eigenvalue weighted by Gasteiger charge is -2.32. The smallest absolute Gasteiger partial charge is 0.231 e. The number of likely N-dealkylation sites (tertiary alicyclic amines) is 1. The molecule has 0 N–H and O–H groups in total. The summed E-state index contributed by atoms with van der Waals surface area (Å²) in [7, 11) is 0. The van der Waals surface area contributed by atoms with E-state index in [1.54, 1.807) is 0 Å². The Morgan fingerprint density at radius 3 is 2.67 bits per heavy atom. The normalized spacial score (nSPS) is 20.5. The summed E-state index contributed by atoms with van der Waals surface area (Å²) in [6.45, 7) is 6.81. The summed E-state index contributed by atoms with van der Waals surface area (Å²) in [6.07, 6.45) is 7.26. The molecule has 0 atom stereocenters. The molecule has 4 heterocycles. The maximum absolute atomic E-state index is 5.55. The predicted octanol–water partition coefficient (Wildman–Crippen LogP) is 3.42. The summed E-state index contributed by atoms with van der Waals surface area (Å²) in [6, 6.07) is 4.26. The summed E-state index contributed by atoms with van der Waals surface area (Å²) in [5.74, 6) is 4.77. The highest BCUT2D eigenvalue weighted by molar-refractivity contribution is 5.48. The molecule has 0 aliphatic carbocycles. The van der Waals surface area contributed by atoms with E-state index in [-0.39, 0.29) is 0 Å². The van der Waals surface area contributed by atoms with Crippen LogP contribution in [0.1, 0.15) is 60.8 Å². The zero-order valence-electron chi connectivity index (χ0n) is 16.1. The topological polar surface area (TPSA) is 52.4 Å². The minimum absolute atomic E-state index is 0.340. The first-order valence-electron chi connectivity index (χ1n) is 10.3. The number of nitrogens with zero attached hydrogens (tertiary/aromatic N) is 4. The number of aryl methyl sites for hydroxylation is 2. The molecule has 5 rings (SSSR count). The quantitative estimate of drug-likeness (QED) is 0.831. The third-order valence-electron chi connectivity index (χ3n) is 6.32. The van der Waals surface area contributed by atoms with Crippen LogP contribution >= 0.6 is 0 Å². The van der Waals surface area contributed by atoms with Gasteiger partial charge in [0.05, 0.1) is 0 Å². The Hall–Kier alpha value is -2.08. The lowest BCUT2D eigenvalue weighted by Crippen LogP contribution is -2.33. The third-order valence-corrected chi connectivity index (χ3v) is 6.32. The van der Waals surface area contributed by atoms with Crippen molar-refractivity contribution in [1.29, 1.82) is 0 Å². The van der Waals surface area contributed by atoms with Gasteiger partial charge in [0.15, 0.2) is 11.5 Å². The van der Waals surface area contributed by atoms with Crippen LogP contribution in [-0.2, 0) is 19.5 Å². The van der Waals surface area contributed by atoms with E-state index in [4.69, 9.17) is 9.47 Å². The number of ether oxygens (including phenoxy) is 2. The Kier molecular flexibility index (Phi) is 4.52. The van der Waals surface area contributed by atoms with Gasteiger partial charge in [0, 0.05) is 25.4 Å². The molecule has 2 aromatic rings. The number of benzene rings is 1. The second kappa shape index (κ2) is 7.15. The van der Waals surface area contributed by atoms with Gasteiger partial charge >= 0.3 is 0 Å². The molecule has 0 saturated carbocycles. The van der Waals surface area contributed by atoms with Gasteiger partial charge in [-0.1, -0.05) is 6.42 Å². The Balaban J connectivity index is 1.24. The van der Waals surface area contributed by atoms with Gasteiger partial charge < -0.3 is 14.0 Å². The highest BCUT2D eigenvalue weighted by Gasteiger charge is 2.27. The molecular formula is C21H28N4O2. The molecule has 1 fully saturated rings. The average molecular weight is 368 g/mol. The van der Waals surface area contributed by atoms with Crippen molar-refractivity contribution < 1.29 is 9.47 Å². The van der Waals surface area contributed by atoms with Crippen molar-refractivity contribution in [3.63, 3.8) is 0 Å². The summed E-state index contributed by atoms with van der Waals surface area (Å²) in [5, 5.41) is 9.09. The highest BCUT2D eigenvalue weighted by Crippen LogP contribution is 2.36. The fraction of sp³-hybridized carbons (Fsp3) is 0.619. The lowest BCUT2D eigenvalue weighted by atomic mass is 9.95. The first-order chi connectivity index (χ1) is 13.3. The standard InChI is InChI=1S/C21H28N4O2/c1-15-11-18-19(27-14-26-18)12-17(15)13-24-9-6-16(7-10-24)21-23-22-20-5-3-2-4-8-25(20)21/h11-12,16H,2-10,13-14H2,1H3. The van der Waals surface area contributed by atoms with E-state index in [0.717, 1.165) is 44.1 Å². The van der Waals surface area contributed by atoms with Crippen LogP contribution in [0.15, 0.2) is 12.1 Å². The van der Waals surface area contributed by atoms with Gasteiger partial charge in [0.1, 0.15) is 11.6 Å². The Bertz CT molecular complexity index is 824. The molecule has 1 saturated heterocycles. The zero-order valence-corrected chi connectivity index (χ0v) is 16.1. The van der Waals surface area contributed by atoms with Crippen molar-refractivity contribution in [2.24, 2.45) is 0 Å². The van der Waals surface area contributed by atoms with E-state index in [9.17, 15) is 0 Å². The summed E-state index contributed by atoms with van der Waals surface area (Å²) >= 11 is 0. The minimum Gasteiger partial charge on any atom is -0.454 e. The van der Waals surface area contributed by atoms with Crippen molar-refractivity contribution in [3.05, 3.63) is 34.9 Å². The van der Waals surface area contributed by atoms with Crippen LogP contribution < -0.4 is 9.47 Å². The van der Waals surface area contributed by atoms with Crippen LogP contribution in [0.25, 0.3) is 0 Å². The summed E-state index contributed by atoms with van der Waals surface area (Å²) in [4.78, 5) is 2.56. The van der Waals surface area contributed by atoms with Crippen LogP contribution in [0.3, 0.4) is 0 Å². The van der Waals surface area contributed by atoms with Gasteiger partial charge in [-0.3, -0.25) is 4.90 Å². The molecule has 0 bridgehead atoms. The molecule has 1 aromatic heterocycles. The molecule has 1 aromatic carbocycles. The molecule has 0 radical (unpaired) electrons. The van der Waals surface area contributed by atoms with Gasteiger partial charge in [0.2, 0.25) is 6.79 Å². The molecular weight excluding hydrogens is 340 g/mol. The van der Waals surface area contributed by atoms with Crippen LogP contribution in [0.2, 0.25) is 0 Å². The van der Waals surface area contributed by atoms with Crippen LogP contribution in [-0.4, -0.2) is 39.5 Å². The van der Waals surface area contributed by atoms with E-state index in [0.29, 0.717) is 12.7 Å². The van der Waals surface area contributed by atoms with E-state index < -0.39 is 0 Å². The number of rotatable bonds is 3. The lowest BCUT2D eigenvalue weighted by molar-refractivity contribution is 0.173. The van der Waals surface area contributed by atoms with Crippen molar-refractivity contribution >= 4 is 0 Å². The Labute approximate surface area is 160 Å². The number of piperidine rings is 1. The van der Waals surface area contributed by atoms with Crippen molar-refractivity contribution in [1.82, 2.24) is 19.7 Å². The fourth-order valence-corrected chi connectivity index (χ4v) is 4.66. The van der Waals surface area contributed by atoms with Crippen LogP contribution in [0.5, 0.6) is 11.5 Å². The van der Waals surface area contributed by atoms with E-state index in [1.165, 1.54) is 54.9 Å². The Morgan fingerprint density at radius 2 is 1.81 bits per heavy atom. The SMILES string of the molecule is Cc1cc2c(cc1CN1CCC(c3nnc4n3CCCCC4)CC1)OCO2. The van der Waals surface area contributed by atoms with E-state index >= 15 is 0 Å². The Morgan fingerprint density at radius 1 is 1.00 bits per heavy atom. The summed E-state index contributed by atoms with van der Waals surface area (Å²) < 4.78 is 13.5. The largest absolute Gasteiger partial charge is 0.454 e. The molecule has 0 unspecified atom stereocenters. The van der Waals surface area contributed by atoms with Gasteiger partial charge in [-0.2, -0.15) is 0 Å². The average Bonchev–Trinajstić information content (AvgIpc) is 3.23. The number of aromatic nitrogens is 3. The second-order valence-corrected chi connectivity index (χ2v) is 8.12. The van der Waals surface area contributed by atoms with Crippen molar-refractivity contribution in [3.8, 4) is 11.5 Å². The van der Waals surface area contributed by atoms with Crippen LogP contribution in [0, 0.1) is 6.92 Å². The third kappa shape index (κ3) is 3.31. The van der Waals surface area contributed by atoms with Crippen LogP contribution in [0.4, 0.5) is 0 Å². The maximum atomic E-state index is 5.55. The first kappa shape index (κ1) is 17.0. The fourth-order valence-electron chi connectivity index (χ4n) is 4.66. The van der Waals surface area contributed by atoms with Crippen molar-refractivity contribution in [2.45, 2.75) is 64.5 Å². The van der Waals surface area contributed by atoms with Gasteiger partial charge in [-0.15, -0.1) is 10.2 Å². The molecule has 0 amide bonds. The minimum atomic E-state index is 0.340. The second-order valence-electron chi connectivity index (χ2n) is 8.12. The summed E-state index contributed by atoms with van der Waals surface area (Å²) in [5.41, 5.74) is 2.62. The number of fused-ring (bicyclic) bond motifs is 2. The van der Waals surface area contributed by atoms with E-state index in [2.05, 4.69) is 38.7 Å². The molecule has 6 heteroatoms. The molecule has 144 valence electrons.